The van der Waals surface area contributed by atoms with Crippen LogP contribution < -0.4 is 10.6 Å². The number of amides is 1. The second kappa shape index (κ2) is 8.27. The second-order valence-corrected chi connectivity index (χ2v) is 8.76. The minimum atomic E-state index is -1.07. The molecule has 0 saturated carbocycles. The highest BCUT2D eigenvalue weighted by Gasteiger charge is 2.32. The zero-order valence-corrected chi connectivity index (χ0v) is 17.3. The van der Waals surface area contributed by atoms with Gasteiger partial charge in [0.15, 0.2) is 0 Å². The molecular weight excluding hydrogens is 357 g/mol. The first-order valence-corrected chi connectivity index (χ1v) is 9.41. The van der Waals surface area contributed by atoms with E-state index < -0.39 is 11.5 Å². The summed E-state index contributed by atoms with van der Waals surface area (Å²) in [5.41, 5.74) is 7.55. The number of pyridine rings is 1. The number of nitrogens with zero attached hydrogens (tertiary/aromatic N) is 2. The van der Waals surface area contributed by atoms with Crippen LogP contribution in [0.3, 0.4) is 0 Å². The first kappa shape index (κ1) is 21.8. The number of carbonyl (C=O) groups is 1. The molecule has 0 unspecified atom stereocenters. The average molecular weight is 387 g/mol. The number of nitrogens with two attached hydrogens (primary N) is 1. The second-order valence-electron chi connectivity index (χ2n) is 8.76. The Labute approximate surface area is 166 Å². The normalized spacial score (nSPS) is 12.1. The van der Waals surface area contributed by atoms with Crippen LogP contribution in [0, 0.1) is 5.82 Å². The summed E-state index contributed by atoms with van der Waals surface area (Å²) >= 11 is 0. The highest BCUT2D eigenvalue weighted by molar-refractivity contribution is 5.86. The van der Waals surface area contributed by atoms with Crippen LogP contribution in [0.5, 0.6) is 0 Å². The van der Waals surface area contributed by atoms with Crippen molar-refractivity contribution in [2.45, 2.75) is 51.9 Å². The number of hydrogen-bond acceptors (Lipinski definition) is 3. The molecule has 1 aromatic carbocycles. The van der Waals surface area contributed by atoms with Gasteiger partial charge in [0.2, 0.25) is 0 Å². The Balaban J connectivity index is 2.48. The Bertz CT molecular complexity index is 827. The van der Waals surface area contributed by atoms with Gasteiger partial charge in [-0.25, -0.2) is 14.2 Å². The SMILES string of the molecule is CC(C)(C)c1cc(CCN)cnc1N(CC(C)(C)c1ccc(F)cc1)C(=O)O. The van der Waals surface area contributed by atoms with E-state index >= 15 is 0 Å². The summed E-state index contributed by atoms with van der Waals surface area (Å²) in [7, 11) is 0. The van der Waals surface area contributed by atoms with Gasteiger partial charge in [-0.1, -0.05) is 46.8 Å². The van der Waals surface area contributed by atoms with Gasteiger partial charge < -0.3 is 10.8 Å². The van der Waals surface area contributed by atoms with Gasteiger partial charge >= 0.3 is 6.09 Å². The summed E-state index contributed by atoms with van der Waals surface area (Å²) in [5.74, 6) is 0.109. The molecule has 28 heavy (non-hydrogen) atoms. The maximum absolute atomic E-state index is 13.3. The topological polar surface area (TPSA) is 79.5 Å². The standard InChI is InChI=1S/C22H30FN3O2/c1-21(2,3)18-12-15(10-11-24)13-25-19(18)26(20(27)28)14-22(4,5)16-6-8-17(23)9-7-16/h6-9,12-13H,10-11,14,24H2,1-5H3,(H,27,28). The Kier molecular flexibility index (Phi) is 6.44. The smallest absolute Gasteiger partial charge is 0.413 e. The van der Waals surface area contributed by atoms with Crippen LogP contribution in [0.2, 0.25) is 0 Å². The first-order chi connectivity index (χ1) is 13.0. The van der Waals surface area contributed by atoms with E-state index in [1.165, 1.54) is 17.0 Å². The zero-order chi connectivity index (χ0) is 21.1. The largest absolute Gasteiger partial charge is 0.465 e. The van der Waals surface area contributed by atoms with Crippen molar-refractivity contribution in [2.24, 2.45) is 5.73 Å². The number of aromatic nitrogens is 1. The summed E-state index contributed by atoms with van der Waals surface area (Å²) < 4.78 is 13.3. The van der Waals surface area contributed by atoms with Crippen LogP contribution in [-0.2, 0) is 17.3 Å². The predicted octanol–water partition coefficient (Wildman–Crippen LogP) is 4.48. The molecule has 1 amide bonds. The summed E-state index contributed by atoms with van der Waals surface area (Å²) in [5, 5.41) is 9.95. The van der Waals surface area contributed by atoms with E-state index in [2.05, 4.69) is 4.98 Å². The monoisotopic (exact) mass is 387 g/mol. The summed E-state index contributed by atoms with van der Waals surface area (Å²) in [6, 6.07) is 8.16. The lowest BCUT2D eigenvalue weighted by Gasteiger charge is -2.34. The third-order valence-corrected chi connectivity index (χ3v) is 4.83. The van der Waals surface area contributed by atoms with Gasteiger partial charge in [-0.3, -0.25) is 4.90 Å². The average Bonchev–Trinajstić information content (AvgIpc) is 2.59. The molecule has 1 aromatic heterocycles. The Morgan fingerprint density at radius 2 is 1.79 bits per heavy atom. The number of benzene rings is 1. The lowest BCUT2D eigenvalue weighted by atomic mass is 9.83. The number of anilines is 1. The Morgan fingerprint density at radius 3 is 2.29 bits per heavy atom. The summed E-state index contributed by atoms with van der Waals surface area (Å²) in [4.78, 5) is 18.0. The lowest BCUT2D eigenvalue weighted by molar-refractivity contribution is 0.199. The molecule has 0 aliphatic rings. The number of hydrogen-bond donors (Lipinski definition) is 2. The van der Waals surface area contributed by atoms with E-state index in [1.807, 2.05) is 40.7 Å². The van der Waals surface area contributed by atoms with Gasteiger partial charge in [0.1, 0.15) is 11.6 Å². The molecule has 0 fully saturated rings. The molecule has 0 aliphatic carbocycles. The fourth-order valence-electron chi connectivity index (χ4n) is 3.19. The third-order valence-electron chi connectivity index (χ3n) is 4.83. The third kappa shape index (κ3) is 5.07. The van der Waals surface area contributed by atoms with Crippen molar-refractivity contribution in [1.29, 1.82) is 0 Å². The van der Waals surface area contributed by atoms with E-state index in [4.69, 9.17) is 5.73 Å². The summed E-state index contributed by atoms with van der Waals surface area (Å²) in [6.45, 7) is 10.7. The molecule has 1 heterocycles. The van der Waals surface area contributed by atoms with E-state index in [0.717, 1.165) is 16.7 Å². The van der Waals surface area contributed by atoms with Crippen molar-refractivity contribution >= 4 is 11.9 Å². The predicted molar refractivity (Wildman–Crippen MR) is 110 cm³/mol. The molecule has 0 spiro atoms. The van der Waals surface area contributed by atoms with Crippen LogP contribution in [0.25, 0.3) is 0 Å². The van der Waals surface area contributed by atoms with Gasteiger partial charge in [0.25, 0.3) is 0 Å². The van der Waals surface area contributed by atoms with Crippen LogP contribution in [-0.4, -0.2) is 29.3 Å². The highest BCUT2D eigenvalue weighted by atomic mass is 19.1. The molecule has 2 aromatic rings. The van der Waals surface area contributed by atoms with Crippen molar-refractivity contribution in [3.63, 3.8) is 0 Å². The van der Waals surface area contributed by atoms with E-state index in [9.17, 15) is 14.3 Å². The van der Waals surface area contributed by atoms with Crippen molar-refractivity contribution < 1.29 is 14.3 Å². The fourth-order valence-corrected chi connectivity index (χ4v) is 3.19. The van der Waals surface area contributed by atoms with E-state index in [-0.39, 0.29) is 17.8 Å². The Hall–Kier alpha value is -2.47. The van der Waals surface area contributed by atoms with Crippen LogP contribution >= 0.6 is 0 Å². The fraction of sp³-hybridized carbons (Fsp3) is 0.455. The molecule has 0 aliphatic heterocycles. The molecule has 5 nitrogen and oxygen atoms in total. The molecule has 0 atom stereocenters. The number of carboxylic acid groups (broad SMARTS) is 1. The van der Waals surface area contributed by atoms with Gasteiger partial charge in [-0.05, 0) is 47.7 Å². The van der Waals surface area contributed by atoms with Crippen molar-refractivity contribution in [2.75, 3.05) is 18.0 Å². The quantitative estimate of drug-likeness (QED) is 0.766. The maximum Gasteiger partial charge on any atom is 0.413 e. The molecule has 3 N–H and O–H groups in total. The molecule has 152 valence electrons. The summed E-state index contributed by atoms with van der Waals surface area (Å²) in [6.07, 6.45) is 1.31. The van der Waals surface area contributed by atoms with Crippen LogP contribution in [0.4, 0.5) is 15.0 Å². The molecule has 2 rings (SSSR count). The van der Waals surface area contributed by atoms with Gasteiger partial charge in [-0.15, -0.1) is 0 Å². The van der Waals surface area contributed by atoms with Crippen molar-refractivity contribution in [3.05, 3.63) is 59.0 Å². The minimum absolute atomic E-state index is 0.195. The van der Waals surface area contributed by atoms with Crippen LogP contribution in [0.15, 0.2) is 36.5 Å². The molecule has 0 radical (unpaired) electrons. The van der Waals surface area contributed by atoms with Gasteiger partial charge in [0, 0.05) is 23.7 Å². The highest BCUT2D eigenvalue weighted by Crippen LogP contribution is 2.34. The molecule has 6 heteroatoms. The van der Waals surface area contributed by atoms with E-state index in [1.54, 1.807) is 18.3 Å². The molecule has 0 saturated heterocycles. The number of halogens is 1. The van der Waals surface area contributed by atoms with Gasteiger partial charge in [0.05, 0.1) is 0 Å². The first-order valence-electron chi connectivity index (χ1n) is 9.41. The van der Waals surface area contributed by atoms with Gasteiger partial charge in [-0.2, -0.15) is 0 Å². The van der Waals surface area contributed by atoms with Crippen LogP contribution in [0.1, 0.15) is 51.3 Å². The Morgan fingerprint density at radius 1 is 1.18 bits per heavy atom. The van der Waals surface area contributed by atoms with E-state index in [0.29, 0.717) is 18.8 Å². The molecule has 0 bridgehead atoms. The maximum atomic E-state index is 13.3. The molecular formula is C22H30FN3O2. The van der Waals surface area contributed by atoms with Crippen molar-refractivity contribution in [3.8, 4) is 0 Å². The van der Waals surface area contributed by atoms with Crippen molar-refractivity contribution in [1.82, 2.24) is 4.98 Å². The minimum Gasteiger partial charge on any atom is -0.465 e. The lowest BCUT2D eigenvalue weighted by Crippen LogP contribution is -2.42. The zero-order valence-electron chi connectivity index (χ0n) is 17.3. The number of rotatable bonds is 6.